The third-order valence-corrected chi connectivity index (χ3v) is 4.89. The highest BCUT2D eigenvalue weighted by Crippen LogP contribution is 2.32. The molecule has 27 heavy (non-hydrogen) atoms. The predicted octanol–water partition coefficient (Wildman–Crippen LogP) is 5.43. The zero-order valence-corrected chi connectivity index (χ0v) is 17.6. The molecule has 0 unspecified atom stereocenters. The van der Waals surface area contributed by atoms with Crippen LogP contribution in [0.2, 0.25) is 5.02 Å². The van der Waals surface area contributed by atoms with Gasteiger partial charge in [-0.25, -0.2) is 0 Å². The molecule has 0 aliphatic heterocycles. The number of carbonyl (C=O) groups excluding carboxylic acids is 1. The molecule has 2 aromatic rings. The highest BCUT2D eigenvalue weighted by Gasteiger charge is 2.21. The first-order valence-corrected chi connectivity index (χ1v) is 9.52. The molecule has 0 aliphatic rings. The molecule has 0 spiro atoms. The zero-order valence-electron chi connectivity index (χ0n) is 16.8. The van der Waals surface area contributed by atoms with Gasteiger partial charge in [0.05, 0.1) is 18.2 Å². The number of halogens is 1. The molecule has 4 nitrogen and oxygen atoms in total. The molecule has 1 amide bonds. The lowest BCUT2D eigenvalue weighted by atomic mass is 9.93. The number of benzene rings is 2. The van der Waals surface area contributed by atoms with E-state index in [1.165, 1.54) is 0 Å². The summed E-state index contributed by atoms with van der Waals surface area (Å²) in [7, 11) is 1.68. The maximum Gasteiger partial charge on any atom is 0.261 e. The number of hydrogen-bond acceptors (Lipinski definition) is 3. The Labute approximate surface area is 166 Å². The van der Waals surface area contributed by atoms with Gasteiger partial charge in [0.15, 0.2) is 6.10 Å². The number of ether oxygens (including phenoxy) is 2. The van der Waals surface area contributed by atoms with Crippen molar-refractivity contribution in [3.8, 4) is 11.5 Å². The molecule has 0 saturated carbocycles. The number of hydrogen-bond donors (Lipinski definition) is 1. The predicted molar refractivity (Wildman–Crippen MR) is 110 cm³/mol. The fourth-order valence-electron chi connectivity index (χ4n) is 3.00. The van der Waals surface area contributed by atoms with Gasteiger partial charge < -0.3 is 14.8 Å². The van der Waals surface area contributed by atoms with E-state index in [0.29, 0.717) is 16.7 Å². The van der Waals surface area contributed by atoms with E-state index in [4.69, 9.17) is 21.1 Å². The van der Waals surface area contributed by atoms with E-state index in [9.17, 15) is 4.79 Å². The molecule has 1 N–H and O–H groups in total. The lowest BCUT2D eigenvalue weighted by Gasteiger charge is -2.23. The van der Waals surface area contributed by atoms with Crippen molar-refractivity contribution in [1.29, 1.82) is 0 Å². The molecule has 0 radical (unpaired) electrons. The summed E-state index contributed by atoms with van der Waals surface area (Å²) in [6.45, 7) is 9.96. The third-order valence-electron chi connectivity index (χ3n) is 4.58. The van der Waals surface area contributed by atoms with E-state index < -0.39 is 6.10 Å². The number of aryl methyl sites for hydroxylation is 1. The van der Waals surface area contributed by atoms with Crippen LogP contribution in [0.3, 0.4) is 0 Å². The van der Waals surface area contributed by atoms with Crippen LogP contribution in [0.1, 0.15) is 56.3 Å². The van der Waals surface area contributed by atoms with Gasteiger partial charge in [-0.2, -0.15) is 0 Å². The minimum atomic E-state index is -0.657. The summed E-state index contributed by atoms with van der Waals surface area (Å²) in [6.07, 6.45) is -0.657. The van der Waals surface area contributed by atoms with Gasteiger partial charge in [0, 0.05) is 0 Å². The first-order chi connectivity index (χ1) is 12.7. The molecule has 5 heteroatoms. The molecule has 146 valence electrons. The zero-order chi connectivity index (χ0) is 20.1. The first kappa shape index (κ1) is 21.1. The van der Waals surface area contributed by atoms with Crippen LogP contribution in [0.4, 0.5) is 0 Å². The smallest absolute Gasteiger partial charge is 0.261 e. The Morgan fingerprint density at radius 2 is 1.70 bits per heavy atom. The monoisotopic (exact) mass is 389 g/mol. The Morgan fingerprint density at radius 1 is 1.04 bits per heavy atom. The Morgan fingerprint density at radius 3 is 2.30 bits per heavy atom. The van der Waals surface area contributed by atoms with Crippen molar-refractivity contribution in [2.75, 3.05) is 7.11 Å². The van der Waals surface area contributed by atoms with E-state index in [1.807, 2.05) is 32.0 Å². The van der Waals surface area contributed by atoms with E-state index in [0.717, 1.165) is 22.4 Å². The maximum absolute atomic E-state index is 12.6. The highest BCUT2D eigenvalue weighted by atomic mass is 35.5. The van der Waals surface area contributed by atoms with E-state index in [-0.39, 0.29) is 11.9 Å². The van der Waals surface area contributed by atoms with Crippen LogP contribution < -0.4 is 14.8 Å². The molecule has 0 fully saturated rings. The van der Waals surface area contributed by atoms with Gasteiger partial charge in [-0.3, -0.25) is 4.79 Å². The Balaban J connectivity index is 2.14. The lowest BCUT2D eigenvalue weighted by molar-refractivity contribution is -0.127. The number of methoxy groups -OCH3 is 1. The molecule has 0 aliphatic carbocycles. The van der Waals surface area contributed by atoms with E-state index >= 15 is 0 Å². The minimum Gasteiger partial charge on any atom is -0.496 e. The second-order valence-corrected chi connectivity index (χ2v) is 7.43. The number of rotatable bonds is 7. The SMILES string of the molecule is COc1cc(C)c([C@@H](C)NC(=O)[C@H](C)Oc2ccccc2Cl)cc1C(C)C. The van der Waals surface area contributed by atoms with Crippen LogP contribution in [-0.4, -0.2) is 19.1 Å². The molecule has 2 aromatic carbocycles. The van der Waals surface area contributed by atoms with Gasteiger partial charge in [-0.15, -0.1) is 0 Å². The third kappa shape index (κ3) is 5.16. The summed E-state index contributed by atoms with van der Waals surface area (Å²) in [4.78, 5) is 12.6. The van der Waals surface area contributed by atoms with E-state index in [2.05, 4.69) is 25.2 Å². The molecule has 2 rings (SSSR count). The van der Waals surface area contributed by atoms with Gasteiger partial charge in [0.25, 0.3) is 5.91 Å². The quantitative estimate of drug-likeness (QED) is 0.687. The van der Waals surface area contributed by atoms with E-state index in [1.54, 1.807) is 26.2 Å². The fourth-order valence-corrected chi connectivity index (χ4v) is 3.18. The standard InChI is InChI=1S/C22H28ClNO3/c1-13(2)17-12-18(14(3)11-21(17)26-6)15(4)24-22(25)16(5)27-20-10-8-7-9-19(20)23/h7-13,15-16H,1-6H3,(H,24,25)/t15-,16+/m1/s1. The van der Waals surface area contributed by atoms with Crippen molar-refractivity contribution < 1.29 is 14.3 Å². The fraction of sp³-hybridized carbons (Fsp3) is 0.409. The number of amides is 1. The summed E-state index contributed by atoms with van der Waals surface area (Å²) >= 11 is 6.10. The van der Waals surface area contributed by atoms with Crippen molar-refractivity contribution >= 4 is 17.5 Å². The van der Waals surface area contributed by atoms with Crippen LogP contribution in [0.5, 0.6) is 11.5 Å². The van der Waals surface area contributed by atoms with Crippen LogP contribution in [-0.2, 0) is 4.79 Å². The second-order valence-electron chi connectivity index (χ2n) is 7.03. The summed E-state index contributed by atoms with van der Waals surface area (Å²) in [5.41, 5.74) is 3.26. The van der Waals surface area contributed by atoms with Gasteiger partial charge in [0.2, 0.25) is 0 Å². The molecule has 0 saturated heterocycles. The van der Waals surface area contributed by atoms with Crippen molar-refractivity contribution in [3.63, 3.8) is 0 Å². The average Bonchev–Trinajstić information content (AvgIpc) is 2.62. The second kappa shape index (κ2) is 9.14. The summed E-state index contributed by atoms with van der Waals surface area (Å²) in [5, 5.41) is 3.52. The number of nitrogens with one attached hydrogen (secondary N) is 1. The normalized spacial score (nSPS) is 13.2. The number of carbonyl (C=O) groups is 1. The van der Waals surface area contributed by atoms with Crippen molar-refractivity contribution in [3.05, 3.63) is 58.1 Å². The van der Waals surface area contributed by atoms with Crippen LogP contribution in [0.25, 0.3) is 0 Å². The molecule has 0 heterocycles. The van der Waals surface area contributed by atoms with Gasteiger partial charge >= 0.3 is 0 Å². The topological polar surface area (TPSA) is 47.6 Å². The minimum absolute atomic E-state index is 0.154. The van der Waals surface area contributed by atoms with Gasteiger partial charge in [-0.05, 0) is 67.6 Å². The highest BCUT2D eigenvalue weighted by molar-refractivity contribution is 6.32. The largest absolute Gasteiger partial charge is 0.496 e. The van der Waals surface area contributed by atoms with Crippen molar-refractivity contribution in [2.45, 2.75) is 52.7 Å². The molecular weight excluding hydrogens is 362 g/mol. The summed E-state index contributed by atoms with van der Waals surface area (Å²) in [6, 6.07) is 11.1. The average molecular weight is 390 g/mol. The van der Waals surface area contributed by atoms with Crippen molar-refractivity contribution in [1.82, 2.24) is 5.32 Å². The lowest BCUT2D eigenvalue weighted by Crippen LogP contribution is -2.38. The van der Waals surface area contributed by atoms with Crippen LogP contribution in [0, 0.1) is 6.92 Å². The Hall–Kier alpha value is -2.20. The molecular formula is C22H28ClNO3. The number of para-hydroxylation sites is 1. The molecule has 0 aromatic heterocycles. The first-order valence-electron chi connectivity index (χ1n) is 9.14. The Kier molecular flexibility index (Phi) is 7.14. The van der Waals surface area contributed by atoms with Gasteiger partial charge in [0.1, 0.15) is 11.5 Å². The molecule has 0 bridgehead atoms. The maximum atomic E-state index is 12.6. The van der Waals surface area contributed by atoms with Crippen LogP contribution >= 0.6 is 11.6 Å². The van der Waals surface area contributed by atoms with Crippen LogP contribution in [0.15, 0.2) is 36.4 Å². The summed E-state index contributed by atoms with van der Waals surface area (Å²) < 4.78 is 11.2. The van der Waals surface area contributed by atoms with Gasteiger partial charge in [-0.1, -0.05) is 37.6 Å². The summed E-state index contributed by atoms with van der Waals surface area (Å²) in [5.74, 6) is 1.51. The Bertz CT molecular complexity index is 804. The van der Waals surface area contributed by atoms with Crippen molar-refractivity contribution in [2.24, 2.45) is 0 Å². The molecule has 2 atom stereocenters.